The van der Waals surface area contributed by atoms with E-state index in [1.165, 1.54) is 16.2 Å². The van der Waals surface area contributed by atoms with Gasteiger partial charge in [-0.15, -0.1) is 11.3 Å². The van der Waals surface area contributed by atoms with Crippen molar-refractivity contribution in [1.29, 1.82) is 0 Å². The lowest BCUT2D eigenvalue weighted by atomic mass is 9.88. The Morgan fingerprint density at radius 3 is 2.79 bits per heavy atom. The lowest BCUT2D eigenvalue weighted by molar-refractivity contribution is 0.0963. The van der Waals surface area contributed by atoms with Crippen molar-refractivity contribution in [2.75, 3.05) is 12.4 Å². The van der Waals surface area contributed by atoms with Gasteiger partial charge in [-0.2, -0.15) is 0 Å². The molecule has 0 saturated carbocycles. The van der Waals surface area contributed by atoms with Crippen molar-refractivity contribution in [3.8, 4) is 0 Å². The topological polar surface area (TPSA) is 58.2 Å². The van der Waals surface area contributed by atoms with Crippen LogP contribution in [-0.2, 0) is 12.8 Å². The number of fused-ring (bicyclic) bond motifs is 1. The van der Waals surface area contributed by atoms with E-state index in [-0.39, 0.29) is 11.8 Å². The summed E-state index contributed by atoms with van der Waals surface area (Å²) in [5.41, 5.74) is 2.17. The zero-order chi connectivity index (χ0) is 17.3. The predicted molar refractivity (Wildman–Crippen MR) is 98.3 cm³/mol. The summed E-state index contributed by atoms with van der Waals surface area (Å²) in [5.74, 6) is 0.197. The largest absolute Gasteiger partial charge is 0.355 e. The SMILES string of the molecule is CNC(=O)c1c(NC(=O)c2cccc(Cl)c2)sc2c1CC[C@@H](C)C2. The van der Waals surface area contributed by atoms with Crippen LogP contribution in [0.5, 0.6) is 0 Å². The molecule has 0 fully saturated rings. The summed E-state index contributed by atoms with van der Waals surface area (Å²) < 4.78 is 0. The Morgan fingerprint density at radius 1 is 1.29 bits per heavy atom. The first-order valence-corrected chi connectivity index (χ1v) is 9.12. The third kappa shape index (κ3) is 3.32. The van der Waals surface area contributed by atoms with E-state index in [0.717, 1.165) is 24.8 Å². The quantitative estimate of drug-likeness (QED) is 0.862. The molecule has 0 unspecified atom stereocenters. The number of benzene rings is 1. The molecular weight excluding hydrogens is 344 g/mol. The number of rotatable bonds is 3. The van der Waals surface area contributed by atoms with Crippen molar-refractivity contribution < 1.29 is 9.59 Å². The summed E-state index contributed by atoms with van der Waals surface area (Å²) in [7, 11) is 1.61. The summed E-state index contributed by atoms with van der Waals surface area (Å²) in [6.07, 6.45) is 2.90. The minimum atomic E-state index is -0.255. The van der Waals surface area contributed by atoms with Crippen LogP contribution in [0.3, 0.4) is 0 Å². The molecule has 0 bridgehead atoms. The van der Waals surface area contributed by atoms with Gasteiger partial charge in [-0.3, -0.25) is 9.59 Å². The molecule has 1 atom stereocenters. The number of nitrogens with one attached hydrogen (secondary N) is 2. The van der Waals surface area contributed by atoms with Crippen LogP contribution < -0.4 is 10.6 Å². The molecule has 3 rings (SSSR count). The van der Waals surface area contributed by atoms with E-state index >= 15 is 0 Å². The van der Waals surface area contributed by atoms with E-state index in [1.54, 1.807) is 31.3 Å². The third-order valence-corrected chi connectivity index (χ3v) is 5.68. The second-order valence-electron chi connectivity index (χ2n) is 6.10. The van der Waals surface area contributed by atoms with Crippen LogP contribution in [0.2, 0.25) is 5.02 Å². The van der Waals surface area contributed by atoms with E-state index in [1.807, 2.05) is 0 Å². The van der Waals surface area contributed by atoms with Gasteiger partial charge in [0.05, 0.1) is 5.56 Å². The zero-order valence-corrected chi connectivity index (χ0v) is 15.2. The lowest BCUT2D eigenvalue weighted by Gasteiger charge is -2.18. The van der Waals surface area contributed by atoms with Gasteiger partial charge in [0.1, 0.15) is 5.00 Å². The second-order valence-corrected chi connectivity index (χ2v) is 7.64. The number of halogens is 1. The average molecular weight is 363 g/mol. The van der Waals surface area contributed by atoms with Crippen molar-refractivity contribution in [3.63, 3.8) is 0 Å². The minimum absolute atomic E-state index is 0.150. The molecule has 24 heavy (non-hydrogen) atoms. The van der Waals surface area contributed by atoms with Gasteiger partial charge < -0.3 is 10.6 Å². The maximum absolute atomic E-state index is 12.5. The molecule has 1 aromatic heterocycles. The number of hydrogen-bond acceptors (Lipinski definition) is 3. The molecule has 0 spiro atoms. The average Bonchev–Trinajstić information content (AvgIpc) is 2.90. The highest BCUT2D eigenvalue weighted by Crippen LogP contribution is 2.39. The maximum atomic E-state index is 12.5. The molecule has 2 N–H and O–H groups in total. The van der Waals surface area contributed by atoms with Crippen LogP contribution in [0.4, 0.5) is 5.00 Å². The lowest BCUT2D eigenvalue weighted by Crippen LogP contribution is -2.22. The second kappa shape index (κ2) is 6.95. The zero-order valence-electron chi connectivity index (χ0n) is 13.6. The molecule has 2 amide bonds. The van der Waals surface area contributed by atoms with E-state index in [0.29, 0.717) is 27.1 Å². The minimum Gasteiger partial charge on any atom is -0.355 e. The van der Waals surface area contributed by atoms with Crippen molar-refractivity contribution in [2.24, 2.45) is 5.92 Å². The van der Waals surface area contributed by atoms with Gasteiger partial charge in [0.15, 0.2) is 0 Å². The molecule has 0 aliphatic heterocycles. The monoisotopic (exact) mass is 362 g/mol. The van der Waals surface area contributed by atoms with Crippen molar-refractivity contribution in [1.82, 2.24) is 5.32 Å². The first-order chi connectivity index (χ1) is 11.5. The van der Waals surface area contributed by atoms with Crippen LogP contribution in [0.1, 0.15) is 44.5 Å². The smallest absolute Gasteiger partial charge is 0.256 e. The van der Waals surface area contributed by atoms with E-state index in [4.69, 9.17) is 11.6 Å². The summed E-state index contributed by atoms with van der Waals surface area (Å²) in [4.78, 5) is 26.1. The number of thiophene rings is 1. The first kappa shape index (κ1) is 17.0. The van der Waals surface area contributed by atoms with Gasteiger partial charge in [0.25, 0.3) is 11.8 Å². The van der Waals surface area contributed by atoms with Crippen molar-refractivity contribution in [2.45, 2.75) is 26.2 Å². The van der Waals surface area contributed by atoms with E-state index in [2.05, 4.69) is 17.6 Å². The number of anilines is 1. The first-order valence-electron chi connectivity index (χ1n) is 7.93. The summed E-state index contributed by atoms with van der Waals surface area (Å²) in [5, 5.41) is 6.72. The third-order valence-electron chi connectivity index (χ3n) is 4.28. The molecule has 2 aromatic rings. The fraction of sp³-hybridized carbons (Fsp3) is 0.333. The highest BCUT2D eigenvalue weighted by molar-refractivity contribution is 7.17. The molecule has 1 aromatic carbocycles. The van der Waals surface area contributed by atoms with Crippen molar-refractivity contribution in [3.05, 3.63) is 50.9 Å². The standard InChI is InChI=1S/C18H19ClN2O2S/c1-10-6-7-13-14(8-10)24-18(15(13)17(23)20-2)21-16(22)11-4-3-5-12(19)9-11/h3-5,9-10H,6-8H2,1-2H3,(H,20,23)(H,21,22)/t10-/m1/s1. The van der Waals surface area contributed by atoms with Crippen molar-refractivity contribution >= 4 is 39.8 Å². The number of carbonyl (C=O) groups excluding carboxylic acids is 2. The molecule has 126 valence electrons. The Morgan fingerprint density at radius 2 is 2.08 bits per heavy atom. The number of hydrogen-bond donors (Lipinski definition) is 2. The fourth-order valence-corrected chi connectivity index (χ4v) is 4.60. The maximum Gasteiger partial charge on any atom is 0.256 e. The number of carbonyl (C=O) groups is 2. The van der Waals surface area contributed by atoms with Gasteiger partial charge in [-0.05, 0) is 48.9 Å². The highest BCUT2D eigenvalue weighted by atomic mass is 35.5. The van der Waals surface area contributed by atoms with Gasteiger partial charge in [-0.1, -0.05) is 24.6 Å². The summed E-state index contributed by atoms with van der Waals surface area (Å²) in [6.45, 7) is 2.21. The van der Waals surface area contributed by atoms with Crippen LogP contribution >= 0.6 is 22.9 Å². The summed E-state index contributed by atoms with van der Waals surface area (Å²) in [6, 6.07) is 6.78. The Labute approximate surface area is 150 Å². The molecule has 1 heterocycles. The Balaban J connectivity index is 1.95. The van der Waals surface area contributed by atoms with Crippen LogP contribution in [0.25, 0.3) is 0 Å². The molecule has 1 aliphatic carbocycles. The van der Waals surface area contributed by atoms with E-state index in [9.17, 15) is 9.59 Å². The van der Waals surface area contributed by atoms with Gasteiger partial charge in [0, 0.05) is 22.5 Å². The molecule has 6 heteroatoms. The van der Waals surface area contributed by atoms with E-state index < -0.39 is 0 Å². The number of amides is 2. The van der Waals surface area contributed by atoms with Crippen LogP contribution in [-0.4, -0.2) is 18.9 Å². The Hall–Kier alpha value is -1.85. The van der Waals surface area contributed by atoms with Gasteiger partial charge >= 0.3 is 0 Å². The van der Waals surface area contributed by atoms with Gasteiger partial charge in [-0.25, -0.2) is 0 Å². The Bertz CT molecular complexity index is 800. The summed E-state index contributed by atoms with van der Waals surface area (Å²) >= 11 is 7.46. The molecule has 0 saturated heterocycles. The molecule has 0 radical (unpaired) electrons. The predicted octanol–water partition coefficient (Wildman–Crippen LogP) is 4.14. The highest BCUT2D eigenvalue weighted by Gasteiger charge is 2.28. The Kier molecular flexibility index (Phi) is 4.92. The molecule has 1 aliphatic rings. The van der Waals surface area contributed by atoms with Crippen LogP contribution in [0, 0.1) is 5.92 Å². The molecular formula is C18H19ClN2O2S. The fourth-order valence-electron chi connectivity index (χ4n) is 3.01. The molecule has 4 nitrogen and oxygen atoms in total. The normalized spacial score (nSPS) is 16.4. The van der Waals surface area contributed by atoms with Gasteiger partial charge in [0.2, 0.25) is 0 Å². The van der Waals surface area contributed by atoms with Crippen LogP contribution in [0.15, 0.2) is 24.3 Å².